The molecule has 1 fully saturated rings. The van der Waals surface area contributed by atoms with Gasteiger partial charge in [0, 0.05) is 31.2 Å². The lowest BCUT2D eigenvalue weighted by molar-refractivity contribution is -0.131. The van der Waals surface area contributed by atoms with Crippen LogP contribution < -0.4 is 0 Å². The Morgan fingerprint density at radius 3 is 2.38 bits per heavy atom. The Morgan fingerprint density at radius 2 is 1.69 bits per heavy atom. The second-order valence-electron chi connectivity index (χ2n) is 6.40. The highest BCUT2D eigenvalue weighted by molar-refractivity contribution is 6.31. The van der Waals surface area contributed by atoms with Crippen LogP contribution in [0.15, 0.2) is 42.5 Å². The van der Waals surface area contributed by atoms with Crippen molar-refractivity contribution in [3.63, 3.8) is 0 Å². The number of hydrogen-bond acceptors (Lipinski definition) is 2. The second kappa shape index (κ2) is 7.87. The van der Waals surface area contributed by atoms with E-state index in [0.717, 1.165) is 11.1 Å². The standard InChI is InChI=1S/C20H20ClFN2O2/c1-14-4-2-3-5-15(14)12-19(25)23-8-10-24(11-9-23)20(26)17-13-16(21)6-7-18(17)22/h2-7,13H,8-12H2,1H3. The first kappa shape index (κ1) is 18.4. The number of rotatable bonds is 3. The quantitative estimate of drug-likeness (QED) is 0.827. The molecule has 0 unspecified atom stereocenters. The van der Waals surface area contributed by atoms with Crippen molar-refractivity contribution in [2.75, 3.05) is 26.2 Å². The van der Waals surface area contributed by atoms with Crippen LogP contribution in [0.1, 0.15) is 21.5 Å². The Bertz CT molecular complexity index is 832. The molecule has 0 bridgehead atoms. The summed E-state index contributed by atoms with van der Waals surface area (Å²) in [5, 5.41) is 0.321. The van der Waals surface area contributed by atoms with E-state index in [1.807, 2.05) is 31.2 Å². The predicted molar refractivity (Wildman–Crippen MR) is 98.8 cm³/mol. The second-order valence-corrected chi connectivity index (χ2v) is 6.84. The molecule has 1 saturated heterocycles. The fraction of sp³-hybridized carbons (Fsp3) is 0.300. The molecule has 1 aliphatic rings. The molecule has 26 heavy (non-hydrogen) atoms. The van der Waals surface area contributed by atoms with Crippen molar-refractivity contribution in [3.05, 3.63) is 70.0 Å². The van der Waals surface area contributed by atoms with Gasteiger partial charge in [-0.3, -0.25) is 9.59 Å². The molecule has 6 heteroatoms. The molecule has 4 nitrogen and oxygen atoms in total. The zero-order valence-electron chi connectivity index (χ0n) is 14.5. The SMILES string of the molecule is Cc1ccccc1CC(=O)N1CCN(C(=O)c2cc(Cl)ccc2F)CC1. The van der Waals surface area contributed by atoms with Gasteiger partial charge in [-0.2, -0.15) is 0 Å². The summed E-state index contributed by atoms with van der Waals surface area (Å²) < 4.78 is 13.9. The van der Waals surface area contributed by atoms with Gasteiger partial charge in [0.1, 0.15) is 5.82 Å². The number of halogens is 2. The molecule has 2 aromatic carbocycles. The van der Waals surface area contributed by atoms with Crippen molar-refractivity contribution in [1.82, 2.24) is 9.80 Å². The largest absolute Gasteiger partial charge is 0.339 e. The summed E-state index contributed by atoms with van der Waals surface area (Å²) in [4.78, 5) is 28.3. The van der Waals surface area contributed by atoms with Crippen LogP contribution in [-0.2, 0) is 11.2 Å². The molecule has 0 N–H and O–H groups in total. The van der Waals surface area contributed by atoms with Gasteiger partial charge < -0.3 is 9.80 Å². The van der Waals surface area contributed by atoms with Crippen LogP contribution in [0.3, 0.4) is 0 Å². The fourth-order valence-corrected chi connectivity index (χ4v) is 3.25. The molecule has 0 aliphatic carbocycles. The Balaban J connectivity index is 1.60. The number of nitrogens with zero attached hydrogens (tertiary/aromatic N) is 2. The summed E-state index contributed by atoms with van der Waals surface area (Å²) in [7, 11) is 0. The van der Waals surface area contributed by atoms with Crippen molar-refractivity contribution < 1.29 is 14.0 Å². The van der Waals surface area contributed by atoms with Crippen molar-refractivity contribution in [3.8, 4) is 0 Å². The molecule has 3 rings (SSSR count). The Morgan fingerprint density at radius 1 is 1.04 bits per heavy atom. The third-order valence-electron chi connectivity index (χ3n) is 4.68. The summed E-state index contributed by atoms with van der Waals surface area (Å²) in [5.74, 6) is -0.936. The van der Waals surface area contributed by atoms with Gasteiger partial charge in [-0.05, 0) is 36.2 Å². The average molecular weight is 375 g/mol. The highest BCUT2D eigenvalue weighted by Gasteiger charge is 2.26. The Labute approximate surface area is 157 Å². The molecule has 0 saturated carbocycles. The van der Waals surface area contributed by atoms with Crippen LogP contribution in [-0.4, -0.2) is 47.8 Å². The van der Waals surface area contributed by atoms with Crippen LogP contribution in [0.5, 0.6) is 0 Å². The zero-order chi connectivity index (χ0) is 18.7. The van der Waals surface area contributed by atoms with Crippen molar-refractivity contribution in [1.29, 1.82) is 0 Å². The first-order valence-corrected chi connectivity index (χ1v) is 8.90. The van der Waals surface area contributed by atoms with Crippen molar-refractivity contribution in [2.24, 2.45) is 0 Å². The molecule has 1 heterocycles. The number of carbonyl (C=O) groups excluding carboxylic acids is 2. The van der Waals surface area contributed by atoms with Crippen LogP contribution in [0.4, 0.5) is 4.39 Å². The maximum atomic E-state index is 13.9. The van der Waals surface area contributed by atoms with E-state index < -0.39 is 11.7 Å². The van der Waals surface area contributed by atoms with Gasteiger partial charge in [0.25, 0.3) is 5.91 Å². The van der Waals surface area contributed by atoms with Gasteiger partial charge in [-0.25, -0.2) is 4.39 Å². The highest BCUT2D eigenvalue weighted by Crippen LogP contribution is 2.18. The van der Waals surface area contributed by atoms with Gasteiger partial charge in [-0.15, -0.1) is 0 Å². The average Bonchev–Trinajstić information content (AvgIpc) is 2.65. The van der Waals surface area contributed by atoms with E-state index >= 15 is 0 Å². The molecule has 0 aromatic heterocycles. The van der Waals surface area contributed by atoms with E-state index in [4.69, 9.17) is 11.6 Å². The van der Waals surface area contributed by atoms with Crippen LogP contribution in [0.2, 0.25) is 5.02 Å². The van der Waals surface area contributed by atoms with E-state index in [1.54, 1.807) is 9.80 Å². The highest BCUT2D eigenvalue weighted by atomic mass is 35.5. The molecule has 136 valence electrons. The smallest absolute Gasteiger partial charge is 0.257 e. The fourth-order valence-electron chi connectivity index (χ4n) is 3.07. The molecular weight excluding hydrogens is 355 g/mol. The van der Waals surface area contributed by atoms with E-state index in [0.29, 0.717) is 37.6 Å². The van der Waals surface area contributed by atoms with Gasteiger partial charge in [-0.1, -0.05) is 35.9 Å². The lowest BCUT2D eigenvalue weighted by atomic mass is 10.1. The van der Waals surface area contributed by atoms with E-state index in [9.17, 15) is 14.0 Å². The van der Waals surface area contributed by atoms with Gasteiger partial charge in [0.2, 0.25) is 5.91 Å². The summed E-state index contributed by atoms with van der Waals surface area (Å²) in [6.07, 6.45) is 0.351. The lowest BCUT2D eigenvalue weighted by Crippen LogP contribution is -2.51. The number of carbonyl (C=O) groups is 2. The summed E-state index contributed by atoms with van der Waals surface area (Å²) >= 11 is 5.86. The minimum Gasteiger partial charge on any atom is -0.339 e. The molecule has 1 aliphatic heterocycles. The zero-order valence-corrected chi connectivity index (χ0v) is 15.3. The van der Waals surface area contributed by atoms with Gasteiger partial charge in [0.15, 0.2) is 0 Å². The maximum Gasteiger partial charge on any atom is 0.257 e. The van der Waals surface area contributed by atoms with Crippen LogP contribution >= 0.6 is 11.6 Å². The minimum absolute atomic E-state index is 0.0304. The monoisotopic (exact) mass is 374 g/mol. The van der Waals surface area contributed by atoms with Crippen molar-refractivity contribution in [2.45, 2.75) is 13.3 Å². The van der Waals surface area contributed by atoms with E-state index in [2.05, 4.69) is 0 Å². The third kappa shape index (κ3) is 4.05. The molecule has 2 amide bonds. The van der Waals surface area contributed by atoms with E-state index in [-0.39, 0.29) is 11.5 Å². The van der Waals surface area contributed by atoms with Crippen LogP contribution in [0.25, 0.3) is 0 Å². The minimum atomic E-state index is -0.586. The van der Waals surface area contributed by atoms with Crippen molar-refractivity contribution >= 4 is 23.4 Å². The third-order valence-corrected chi connectivity index (χ3v) is 4.92. The Kier molecular flexibility index (Phi) is 5.57. The number of piperazine rings is 1. The van der Waals surface area contributed by atoms with Gasteiger partial charge >= 0.3 is 0 Å². The van der Waals surface area contributed by atoms with E-state index in [1.165, 1.54) is 18.2 Å². The summed E-state index contributed by atoms with van der Waals surface area (Å²) in [6.45, 7) is 3.63. The molecule has 0 radical (unpaired) electrons. The molecule has 2 aromatic rings. The van der Waals surface area contributed by atoms with Crippen LogP contribution in [0, 0.1) is 12.7 Å². The summed E-state index contributed by atoms with van der Waals surface area (Å²) in [5.41, 5.74) is 2.07. The number of benzene rings is 2. The van der Waals surface area contributed by atoms with Gasteiger partial charge in [0.05, 0.1) is 12.0 Å². The molecule has 0 spiro atoms. The number of hydrogen-bond donors (Lipinski definition) is 0. The summed E-state index contributed by atoms with van der Waals surface area (Å²) in [6, 6.07) is 11.8. The number of amides is 2. The Hall–Kier alpha value is -2.40. The lowest BCUT2D eigenvalue weighted by Gasteiger charge is -2.35. The molecular formula is C20H20ClFN2O2. The maximum absolute atomic E-state index is 13.9. The first-order chi connectivity index (χ1) is 12.5. The topological polar surface area (TPSA) is 40.6 Å². The number of aryl methyl sites for hydroxylation is 1. The normalized spacial score (nSPS) is 14.4. The predicted octanol–water partition coefficient (Wildman–Crippen LogP) is 3.31. The first-order valence-electron chi connectivity index (χ1n) is 8.52. The molecule has 0 atom stereocenters.